The molecule has 0 unspecified atom stereocenters. The SMILES string of the molecule is CCOC(=O)c1c(NC(=O)C2=C(C)NC3=C(C(=O)CC(C)(C)C3)[C@H]2c2ccccc2F)sc2c1CCCC2. The number of benzene rings is 1. The number of allylic oxidation sites excluding steroid dienone is 3. The molecule has 0 spiro atoms. The van der Waals surface area contributed by atoms with Gasteiger partial charge in [0.1, 0.15) is 10.8 Å². The summed E-state index contributed by atoms with van der Waals surface area (Å²) in [5, 5.41) is 6.74. The van der Waals surface area contributed by atoms with E-state index in [9.17, 15) is 14.4 Å². The molecule has 1 amide bonds. The van der Waals surface area contributed by atoms with E-state index >= 15 is 4.39 Å². The maximum absolute atomic E-state index is 15.2. The van der Waals surface area contributed by atoms with Crippen molar-refractivity contribution in [1.29, 1.82) is 0 Å². The summed E-state index contributed by atoms with van der Waals surface area (Å²) in [4.78, 5) is 41.5. The van der Waals surface area contributed by atoms with Crippen molar-refractivity contribution in [2.45, 2.75) is 72.1 Å². The molecule has 0 saturated heterocycles. The van der Waals surface area contributed by atoms with Crippen LogP contribution in [0.3, 0.4) is 0 Å². The lowest BCUT2D eigenvalue weighted by atomic mass is 9.68. The zero-order chi connectivity index (χ0) is 27.2. The van der Waals surface area contributed by atoms with Crippen LogP contribution in [0.25, 0.3) is 0 Å². The number of anilines is 1. The smallest absolute Gasteiger partial charge is 0.341 e. The van der Waals surface area contributed by atoms with E-state index in [2.05, 4.69) is 10.6 Å². The number of rotatable bonds is 5. The molecule has 2 aliphatic carbocycles. The number of nitrogens with one attached hydrogen (secondary N) is 2. The highest BCUT2D eigenvalue weighted by Gasteiger charge is 2.43. The first-order valence-corrected chi connectivity index (χ1v) is 14.0. The van der Waals surface area contributed by atoms with Gasteiger partial charge >= 0.3 is 5.97 Å². The molecule has 8 heteroatoms. The highest BCUT2D eigenvalue weighted by atomic mass is 32.1. The maximum atomic E-state index is 15.2. The van der Waals surface area contributed by atoms with E-state index in [0.717, 1.165) is 41.8 Å². The van der Waals surface area contributed by atoms with Gasteiger partial charge in [-0.05, 0) is 63.0 Å². The molecule has 200 valence electrons. The molecule has 6 nitrogen and oxygen atoms in total. The highest BCUT2D eigenvalue weighted by Crippen LogP contribution is 2.47. The lowest BCUT2D eigenvalue weighted by Gasteiger charge is -2.39. The Kier molecular flexibility index (Phi) is 7.03. The number of ether oxygens (including phenoxy) is 1. The van der Waals surface area contributed by atoms with Crippen molar-refractivity contribution in [2.75, 3.05) is 11.9 Å². The molecule has 0 radical (unpaired) electrons. The summed E-state index contributed by atoms with van der Waals surface area (Å²) < 4.78 is 20.6. The number of amides is 1. The molecule has 0 fully saturated rings. The summed E-state index contributed by atoms with van der Waals surface area (Å²) in [7, 11) is 0. The van der Waals surface area contributed by atoms with E-state index < -0.39 is 23.6 Å². The fourth-order valence-corrected chi connectivity index (χ4v) is 7.27. The third kappa shape index (κ3) is 4.70. The molecule has 2 N–H and O–H groups in total. The van der Waals surface area contributed by atoms with Crippen LogP contribution in [0.4, 0.5) is 9.39 Å². The predicted octanol–water partition coefficient (Wildman–Crippen LogP) is 6.19. The Bertz CT molecular complexity index is 1400. The molecule has 2 aromatic rings. The van der Waals surface area contributed by atoms with Gasteiger partial charge in [0.25, 0.3) is 5.91 Å². The van der Waals surface area contributed by atoms with Crippen molar-refractivity contribution in [3.63, 3.8) is 0 Å². The number of dihydropyridines is 1. The maximum Gasteiger partial charge on any atom is 0.341 e. The van der Waals surface area contributed by atoms with Crippen molar-refractivity contribution in [3.05, 3.63) is 74.2 Å². The number of ketones is 1. The highest BCUT2D eigenvalue weighted by molar-refractivity contribution is 7.17. The Morgan fingerprint density at radius 1 is 1.18 bits per heavy atom. The lowest BCUT2D eigenvalue weighted by Crippen LogP contribution is -2.39. The monoisotopic (exact) mass is 536 g/mol. The van der Waals surface area contributed by atoms with Crippen molar-refractivity contribution >= 4 is 34.0 Å². The van der Waals surface area contributed by atoms with Crippen molar-refractivity contribution in [1.82, 2.24) is 5.32 Å². The lowest BCUT2D eigenvalue weighted by molar-refractivity contribution is -0.118. The number of Topliss-reactive ketones (excluding diaryl/α,β-unsaturated/α-hetero) is 1. The molecule has 3 aliphatic rings. The van der Waals surface area contributed by atoms with Crippen molar-refractivity contribution in [2.24, 2.45) is 5.41 Å². The van der Waals surface area contributed by atoms with Crippen LogP contribution in [0.15, 0.2) is 46.8 Å². The number of hydrogen-bond acceptors (Lipinski definition) is 6. The third-order valence-electron chi connectivity index (χ3n) is 7.58. The molecule has 0 saturated carbocycles. The number of thiophene rings is 1. The van der Waals surface area contributed by atoms with Crippen molar-refractivity contribution < 1.29 is 23.5 Å². The van der Waals surface area contributed by atoms with Gasteiger partial charge in [0.2, 0.25) is 0 Å². The fourth-order valence-electron chi connectivity index (χ4n) is 6.00. The molecule has 1 aromatic carbocycles. The summed E-state index contributed by atoms with van der Waals surface area (Å²) in [5.41, 5.74) is 3.45. The number of hydrogen-bond donors (Lipinski definition) is 2. The minimum Gasteiger partial charge on any atom is -0.462 e. The average molecular weight is 537 g/mol. The minimum absolute atomic E-state index is 0.0893. The Morgan fingerprint density at radius 2 is 1.92 bits per heavy atom. The molecule has 2 heterocycles. The van der Waals surface area contributed by atoms with Crippen LogP contribution >= 0.6 is 11.3 Å². The summed E-state index contributed by atoms with van der Waals surface area (Å²) in [5.74, 6) is -2.32. The second-order valence-corrected chi connectivity index (χ2v) is 12.1. The van der Waals surface area contributed by atoms with Crippen LogP contribution < -0.4 is 10.6 Å². The summed E-state index contributed by atoms with van der Waals surface area (Å²) in [6, 6.07) is 6.30. The van der Waals surface area contributed by atoms with E-state index in [1.807, 2.05) is 13.8 Å². The fraction of sp³-hybridized carbons (Fsp3) is 0.433. The molecule has 1 atom stereocenters. The molecule has 5 rings (SSSR count). The second kappa shape index (κ2) is 10.1. The van der Waals surface area contributed by atoms with Gasteiger partial charge in [0.15, 0.2) is 5.78 Å². The van der Waals surface area contributed by atoms with Crippen LogP contribution in [0, 0.1) is 11.2 Å². The van der Waals surface area contributed by atoms with Crippen LogP contribution in [-0.4, -0.2) is 24.3 Å². The summed E-state index contributed by atoms with van der Waals surface area (Å²) in [6.45, 7) is 7.83. The molecular weight excluding hydrogens is 503 g/mol. The Labute approximate surface area is 226 Å². The first-order chi connectivity index (χ1) is 18.1. The van der Waals surface area contributed by atoms with Gasteiger partial charge in [-0.15, -0.1) is 11.3 Å². The van der Waals surface area contributed by atoms with Gasteiger partial charge < -0.3 is 15.4 Å². The van der Waals surface area contributed by atoms with E-state index in [1.165, 1.54) is 17.4 Å². The first-order valence-electron chi connectivity index (χ1n) is 13.2. The number of carbonyl (C=O) groups is 3. The van der Waals surface area contributed by atoms with Gasteiger partial charge in [0, 0.05) is 45.3 Å². The van der Waals surface area contributed by atoms with Crippen LogP contribution in [0.1, 0.15) is 85.7 Å². The normalized spacial score (nSPS) is 20.4. The molecular formula is C30H33FN2O4S. The second-order valence-electron chi connectivity index (χ2n) is 11.0. The molecule has 0 bridgehead atoms. The minimum atomic E-state index is -0.850. The predicted molar refractivity (Wildman–Crippen MR) is 146 cm³/mol. The Morgan fingerprint density at radius 3 is 2.66 bits per heavy atom. The van der Waals surface area contributed by atoms with Gasteiger partial charge in [-0.1, -0.05) is 32.0 Å². The van der Waals surface area contributed by atoms with Gasteiger partial charge in [0.05, 0.1) is 12.2 Å². The topological polar surface area (TPSA) is 84.5 Å². The summed E-state index contributed by atoms with van der Waals surface area (Å²) >= 11 is 1.40. The summed E-state index contributed by atoms with van der Waals surface area (Å²) in [6.07, 6.45) is 4.55. The van der Waals surface area contributed by atoms with Crippen LogP contribution in [0.5, 0.6) is 0 Å². The zero-order valence-corrected chi connectivity index (χ0v) is 23.1. The van der Waals surface area contributed by atoms with E-state index in [4.69, 9.17) is 4.74 Å². The number of esters is 1. The Balaban J connectivity index is 1.59. The molecule has 38 heavy (non-hydrogen) atoms. The van der Waals surface area contributed by atoms with E-state index in [1.54, 1.807) is 32.0 Å². The number of aryl methyl sites for hydroxylation is 1. The number of fused-ring (bicyclic) bond motifs is 1. The standard InChI is InChI=1S/C30H33FN2O4S/c1-5-37-29(36)25-18-11-7-9-13-22(18)38-28(25)33-27(35)23-16(2)32-20-14-30(3,4)15-21(34)26(20)24(23)17-10-6-8-12-19(17)31/h6,8,10,12,24,32H,5,7,9,11,13-15H2,1-4H3,(H,33,35)/t24-/m0/s1. The van der Waals surface area contributed by atoms with Crippen LogP contribution in [0.2, 0.25) is 0 Å². The first kappa shape index (κ1) is 26.4. The third-order valence-corrected chi connectivity index (χ3v) is 8.79. The number of halogens is 1. The van der Waals surface area contributed by atoms with E-state index in [-0.39, 0.29) is 28.9 Å². The van der Waals surface area contributed by atoms with E-state index in [0.29, 0.717) is 34.7 Å². The average Bonchev–Trinajstić information content (AvgIpc) is 3.20. The molecule has 1 aromatic heterocycles. The Hall–Kier alpha value is -3.26. The largest absolute Gasteiger partial charge is 0.462 e. The van der Waals surface area contributed by atoms with Gasteiger partial charge in [-0.2, -0.15) is 0 Å². The van der Waals surface area contributed by atoms with Crippen LogP contribution in [-0.2, 0) is 27.2 Å². The number of carbonyl (C=O) groups excluding carboxylic acids is 3. The zero-order valence-electron chi connectivity index (χ0n) is 22.3. The van der Waals surface area contributed by atoms with Crippen molar-refractivity contribution in [3.8, 4) is 0 Å². The molecule has 1 aliphatic heterocycles. The van der Waals surface area contributed by atoms with Gasteiger partial charge in [-0.25, -0.2) is 9.18 Å². The quantitative estimate of drug-likeness (QED) is 0.446. The van der Waals surface area contributed by atoms with Gasteiger partial charge in [-0.3, -0.25) is 9.59 Å².